The van der Waals surface area contributed by atoms with Crippen LogP contribution in [0.15, 0.2) is 12.2 Å². The molecule has 0 aliphatic heterocycles. The van der Waals surface area contributed by atoms with Crippen molar-refractivity contribution in [2.45, 2.75) is 116 Å². The van der Waals surface area contributed by atoms with Gasteiger partial charge in [-0.15, -0.1) is 0 Å². The molecule has 27 heavy (non-hydrogen) atoms. The van der Waals surface area contributed by atoms with Crippen molar-refractivity contribution in [3.8, 4) is 0 Å². The van der Waals surface area contributed by atoms with Crippen molar-refractivity contribution in [2.24, 2.45) is 0 Å². The predicted octanol–water partition coefficient (Wildman–Crippen LogP) is 6.09. The van der Waals surface area contributed by atoms with Crippen LogP contribution in [0.4, 0.5) is 4.79 Å². The molecule has 0 fully saturated rings. The van der Waals surface area contributed by atoms with Crippen LogP contribution in [-0.2, 0) is 0 Å². The number of rotatable bonds is 19. The molecular formula is C23H46N2O2. The Kier molecular flexibility index (Phi) is 19.0. The van der Waals surface area contributed by atoms with Crippen LogP contribution < -0.4 is 10.6 Å². The average Bonchev–Trinajstić information content (AvgIpc) is 2.64. The molecular weight excluding hydrogens is 336 g/mol. The lowest BCUT2D eigenvalue weighted by molar-refractivity contribution is 0.237. The number of aliphatic hydroxyl groups is 1. The van der Waals surface area contributed by atoms with Crippen LogP contribution in [0.2, 0.25) is 0 Å². The summed E-state index contributed by atoms with van der Waals surface area (Å²) in [5, 5.41) is 14.7. The molecule has 0 rings (SSSR count). The molecule has 0 radical (unpaired) electrons. The Balaban J connectivity index is 3.26. The summed E-state index contributed by atoms with van der Waals surface area (Å²) in [5.74, 6) is 0. The van der Waals surface area contributed by atoms with Gasteiger partial charge < -0.3 is 15.7 Å². The van der Waals surface area contributed by atoms with Gasteiger partial charge >= 0.3 is 6.03 Å². The zero-order valence-electron chi connectivity index (χ0n) is 18.2. The third kappa shape index (κ3) is 19.5. The van der Waals surface area contributed by atoms with Crippen LogP contribution in [0, 0.1) is 0 Å². The summed E-state index contributed by atoms with van der Waals surface area (Å²) in [6.07, 6.45) is 19.4. The Bertz CT molecular complexity index is 358. The van der Waals surface area contributed by atoms with E-state index in [1.807, 2.05) is 6.92 Å². The molecule has 3 N–H and O–H groups in total. The minimum atomic E-state index is -0.122. The van der Waals surface area contributed by atoms with Gasteiger partial charge in [-0.25, -0.2) is 4.79 Å². The number of urea groups is 1. The first-order valence-electron chi connectivity index (χ1n) is 11.4. The first-order chi connectivity index (χ1) is 13.1. The van der Waals surface area contributed by atoms with E-state index in [-0.39, 0.29) is 18.7 Å². The Labute approximate surface area is 168 Å². The van der Waals surface area contributed by atoms with E-state index in [0.717, 1.165) is 18.5 Å². The molecule has 0 aliphatic rings. The summed E-state index contributed by atoms with van der Waals surface area (Å²) >= 11 is 0. The molecule has 160 valence electrons. The highest BCUT2D eigenvalue weighted by molar-refractivity contribution is 5.74. The molecule has 0 aromatic rings. The highest BCUT2D eigenvalue weighted by Crippen LogP contribution is 2.12. The van der Waals surface area contributed by atoms with Crippen LogP contribution in [0.25, 0.3) is 0 Å². The summed E-state index contributed by atoms with van der Waals surface area (Å²) in [4.78, 5) is 11.7. The fourth-order valence-electron chi connectivity index (χ4n) is 3.34. The van der Waals surface area contributed by atoms with Gasteiger partial charge in [-0.3, -0.25) is 0 Å². The third-order valence-electron chi connectivity index (χ3n) is 5.01. The number of nitrogens with one attached hydrogen (secondary N) is 2. The molecule has 0 aromatic heterocycles. The van der Waals surface area contributed by atoms with E-state index in [0.29, 0.717) is 6.42 Å². The van der Waals surface area contributed by atoms with Crippen molar-refractivity contribution in [3.63, 3.8) is 0 Å². The number of carbonyl (C=O) groups excluding carboxylic acids is 1. The number of unbranched alkanes of at least 4 members (excludes halogenated alkanes) is 13. The van der Waals surface area contributed by atoms with E-state index in [2.05, 4.69) is 24.1 Å². The van der Waals surface area contributed by atoms with E-state index in [9.17, 15) is 4.79 Å². The maximum absolute atomic E-state index is 11.7. The molecule has 4 heteroatoms. The lowest BCUT2D eigenvalue weighted by Gasteiger charge is -2.15. The summed E-state index contributed by atoms with van der Waals surface area (Å²) in [6, 6.07) is -0.121. The lowest BCUT2D eigenvalue weighted by Crippen LogP contribution is -2.41. The smallest absolute Gasteiger partial charge is 0.315 e. The molecule has 0 heterocycles. The van der Waals surface area contributed by atoms with Crippen molar-refractivity contribution in [1.29, 1.82) is 0 Å². The van der Waals surface area contributed by atoms with E-state index in [1.54, 1.807) is 0 Å². The van der Waals surface area contributed by atoms with Crippen LogP contribution in [-0.4, -0.2) is 30.3 Å². The monoisotopic (exact) mass is 382 g/mol. The fourth-order valence-corrected chi connectivity index (χ4v) is 3.34. The molecule has 2 amide bonds. The van der Waals surface area contributed by atoms with Crippen molar-refractivity contribution < 1.29 is 9.90 Å². The number of carbonyl (C=O) groups is 1. The fraction of sp³-hybridized carbons (Fsp3) is 0.870. The number of hydrogen-bond acceptors (Lipinski definition) is 2. The SMILES string of the molecule is C=C(CO)CC(C)NC(=O)NCCCCCCCCCCCCCCCC. The first-order valence-corrected chi connectivity index (χ1v) is 11.4. The van der Waals surface area contributed by atoms with Gasteiger partial charge in [0.1, 0.15) is 0 Å². The predicted molar refractivity (Wildman–Crippen MR) is 117 cm³/mol. The van der Waals surface area contributed by atoms with Crippen LogP contribution in [0.3, 0.4) is 0 Å². The number of amides is 2. The van der Waals surface area contributed by atoms with Crippen LogP contribution in [0.1, 0.15) is 110 Å². The van der Waals surface area contributed by atoms with E-state index < -0.39 is 0 Å². The van der Waals surface area contributed by atoms with E-state index >= 15 is 0 Å². The van der Waals surface area contributed by atoms with Gasteiger partial charge in [0.05, 0.1) is 6.61 Å². The highest BCUT2D eigenvalue weighted by Gasteiger charge is 2.07. The molecule has 0 spiro atoms. The average molecular weight is 383 g/mol. The minimum Gasteiger partial charge on any atom is -0.392 e. The Morgan fingerprint density at radius 2 is 1.30 bits per heavy atom. The van der Waals surface area contributed by atoms with Gasteiger partial charge in [-0.2, -0.15) is 0 Å². The van der Waals surface area contributed by atoms with Gasteiger partial charge in [0.25, 0.3) is 0 Å². The van der Waals surface area contributed by atoms with Gasteiger partial charge in [0, 0.05) is 12.6 Å². The largest absolute Gasteiger partial charge is 0.392 e. The molecule has 0 bridgehead atoms. The van der Waals surface area contributed by atoms with Crippen molar-refractivity contribution in [1.82, 2.24) is 10.6 Å². The zero-order valence-corrected chi connectivity index (χ0v) is 18.2. The minimum absolute atomic E-state index is 0.000917. The second-order valence-corrected chi connectivity index (χ2v) is 8.01. The van der Waals surface area contributed by atoms with Crippen molar-refractivity contribution in [3.05, 3.63) is 12.2 Å². The standard InChI is InChI=1S/C23H46N2O2/c1-4-5-6-7-8-9-10-11-12-13-14-15-16-17-18-24-23(27)25-22(3)19-21(2)20-26/h22,26H,2,4-20H2,1,3H3,(H2,24,25,27). The van der Waals surface area contributed by atoms with Crippen molar-refractivity contribution in [2.75, 3.05) is 13.2 Å². The molecule has 0 aromatic carbocycles. The number of hydrogen-bond donors (Lipinski definition) is 3. The number of aliphatic hydroxyl groups excluding tert-OH is 1. The second kappa shape index (κ2) is 19.7. The summed E-state index contributed by atoms with van der Waals surface area (Å²) in [5.41, 5.74) is 0.745. The molecule has 4 nitrogen and oxygen atoms in total. The zero-order chi connectivity index (χ0) is 20.2. The van der Waals surface area contributed by atoms with Gasteiger partial charge in [0.2, 0.25) is 0 Å². The van der Waals surface area contributed by atoms with E-state index in [4.69, 9.17) is 5.11 Å². The molecule has 0 saturated heterocycles. The van der Waals surface area contributed by atoms with Gasteiger partial charge in [-0.1, -0.05) is 103 Å². The lowest BCUT2D eigenvalue weighted by atomic mass is 10.0. The Morgan fingerprint density at radius 3 is 1.74 bits per heavy atom. The topological polar surface area (TPSA) is 61.4 Å². The molecule has 1 atom stereocenters. The first kappa shape index (κ1) is 26.0. The van der Waals surface area contributed by atoms with Gasteiger partial charge in [0.15, 0.2) is 0 Å². The van der Waals surface area contributed by atoms with Crippen molar-refractivity contribution >= 4 is 6.03 Å². The van der Waals surface area contributed by atoms with Crippen LogP contribution >= 0.6 is 0 Å². The molecule has 0 saturated carbocycles. The van der Waals surface area contributed by atoms with Crippen LogP contribution in [0.5, 0.6) is 0 Å². The summed E-state index contributed by atoms with van der Waals surface area (Å²) in [7, 11) is 0. The Hall–Kier alpha value is -1.03. The second-order valence-electron chi connectivity index (χ2n) is 8.01. The summed E-state index contributed by atoms with van der Waals surface area (Å²) < 4.78 is 0. The summed E-state index contributed by atoms with van der Waals surface area (Å²) in [6.45, 7) is 8.65. The maximum atomic E-state index is 11.7. The quantitative estimate of drug-likeness (QED) is 0.187. The maximum Gasteiger partial charge on any atom is 0.315 e. The Morgan fingerprint density at radius 1 is 0.852 bits per heavy atom. The molecule has 0 aliphatic carbocycles. The van der Waals surface area contributed by atoms with Gasteiger partial charge in [-0.05, 0) is 19.8 Å². The third-order valence-corrected chi connectivity index (χ3v) is 5.01. The highest BCUT2D eigenvalue weighted by atomic mass is 16.3. The molecule has 1 unspecified atom stereocenters. The van der Waals surface area contributed by atoms with E-state index in [1.165, 1.54) is 83.5 Å². The normalized spacial score (nSPS) is 12.0.